The molecule has 1 fully saturated rings. The molecule has 0 saturated carbocycles. The smallest absolute Gasteiger partial charge is 0.252 e. The van der Waals surface area contributed by atoms with Crippen LogP contribution in [-0.4, -0.2) is 73.6 Å². The standard InChI is InChI=1S/C15H24N8O4/c1-10-5-22(6-11(2)26-10)7-13-18-20-21-23(13)8-14(24)16-4-12-17-15(9-25-3)27-19-12/h10-11H,4-9H2,1-3H3,(H,16,24)/t10-,11+. The topological polar surface area (TPSA) is 133 Å². The second kappa shape index (κ2) is 8.97. The number of morpholine rings is 1. The van der Waals surface area contributed by atoms with Crippen LogP contribution >= 0.6 is 0 Å². The number of aromatic nitrogens is 6. The quantitative estimate of drug-likeness (QED) is 0.616. The average Bonchev–Trinajstić information content (AvgIpc) is 3.22. The lowest BCUT2D eigenvalue weighted by Crippen LogP contribution is -2.45. The number of nitrogens with one attached hydrogen (secondary N) is 1. The van der Waals surface area contributed by atoms with Crippen LogP contribution in [-0.2, 0) is 40.5 Å². The summed E-state index contributed by atoms with van der Waals surface area (Å²) in [5.74, 6) is 1.13. The first-order valence-electron chi connectivity index (χ1n) is 8.73. The maximum Gasteiger partial charge on any atom is 0.252 e. The number of ether oxygens (including phenoxy) is 2. The lowest BCUT2D eigenvalue weighted by Gasteiger charge is -2.34. The van der Waals surface area contributed by atoms with Gasteiger partial charge in [-0.15, -0.1) is 5.10 Å². The second-order valence-corrected chi connectivity index (χ2v) is 6.52. The van der Waals surface area contributed by atoms with E-state index in [9.17, 15) is 4.79 Å². The third kappa shape index (κ3) is 5.52. The average molecular weight is 380 g/mol. The summed E-state index contributed by atoms with van der Waals surface area (Å²) < 4.78 is 17.1. The number of nitrogens with zero attached hydrogens (tertiary/aromatic N) is 7. The van der Waals surface area contributed by atoms with Crippen molar-refractivity contribution in [3.8, 4) is 0 Å². The van der Waals surface area contributed by atoms with Crippen molar-refractivity contribution in [1.29, 1.82) is 0 Å². The molecular weight excluding hydrogens is 356 g/mol. The molecule has 1 N–H and O–H groups in total. The number of carbonyl (C=O) groups is 1. The zero-order valence-corrected chi connectivity index (χ0v) is 15.7. The van der Waals surface area contributed by atoms with E-state index in [2.05, 4.69) is 35.9 Å². The van der Waals surface area contributed by atoms with E-state index < -0.39 is 0 Å². The van der Waals surface area contributed by atoms with Crippen LogP contribution in [0.2, 0.25) is 0 Å². The minimum absolute atomic E-state index is 0.0144. The molecule has 0 aliphatic carbocycles. The predicted molar refractivity (Wildman–Crippen MR) is 90.0 cm³/mol. The number of methoxy groups -OCH3 is 1. The Kier molecular flexibility index (Phi) is 6.42. The van der Waals surface area contributed by atoms with Gasteiger partial charge in [-0.3, -0.25) is 9.69 Å². The van der Waals surface area contributed by atoms with E-state index in [0.717, 1.165) is 13.1 Å². The molecule has 1 saturated heterocycles. The molecule has 1 aliphatic rings. The van der Waals surface area contributed by atoms with Gasteiger partial charge in [0.1, 0.15) is 13.2 Å². The molecule has 0 radical (unpaired) electrons. The highest BCUT2D eigenvalue weighted by molar-refractivity contribution is 5.75. The zero-order chi connectivity index (χ0) is 19.2. The van der Waals surface area contributed by atoms with Crippen molar-refractivity contribution in [3.05, 3.63) is 17.5 Å². The lowest BCUT2D eigenvalue weighted by atomic mass is 10.2. The van der Waals surface area contributed by atoms with Gasteiger partial charge in [-0.05, 0) is 24.3 Å². The number of rotatable bonds is 8. The molecule has 1 aliphatic heterocycles. The number of tetrazole rings is 1. The van der Waals surface area contributed by atoms with E-state index in [1.54, 1.807) is 0 Å². The first-order valence-corrected chi connectivity index (χ1v) is 8.73. The SMILES string of the molecule is COCc1nc(CNC(=O)Cn2nnnc2CN2C[C@@H](C)O[C@@H](C)C2)no1. The molecule has 2 aromatic heterocycles. The molecule has 2 atom stereocenters. The molecule has 12 nitrogen and oxygen atoms in total. The summed E-state index contributed by atoms with van der Waals surface area (Å²) >= 11 is 0. The minimum Gasteiger partial charge on any atom is -0.375 e. The van der Waals surface area contributed by atoms with E-state index in [1.165, 1.54) is 11.8 Å². The van der Waals surface area contributed by atoms with E-state index in [0.29, 0.717) is 24.1 Å². The lowest BCUT2D eigenvalue weighted by molar-refractivity contribution is -0.122. The summed E-state index contributed by atoms with van der Waals surface area (Å²) in [5, 5.41) is 18.1. The second-order valence-electron chi connectivity index (χ2n) is 6.52. The molecule has 148 valence electrons. The van der Waals surface area contributed by atoms with Gasteiger partial charge in [0.15, 0.2) is 11.6 Å². The molecule has 3 rings (SSSR count). The molecule has 0 spiro atoms. The van der Waals surface area contributed by atoms with Crippen LogP contribution in [0.1, 0.15) is 31.4 Å². The molecule has 1 amide bonds. The van der Waals surface area contributed by atoms with Crippen molar-refractivity contribution in [2.24, 2.45) is 0 Å². The van der Waals surface area contributed by atoms with Crippen molar-refractivity contribution < 1.29 is 18.8 Å². The van der Waals surface area contributed by atoms with Crippen molar-refractivity contribution in [3.63, 3.8) is 0 Å². The summed E-state index contributed by atoms with van der Waals surface area (Å²) in [7, 11) is 1.54. The Bertz CT molecular complexity index is 738. The fourth-order valence-corrected chi connectivity index (χ4v) is 2.99. The van der Waals surface area contributed by atoms with Crippen LogP contribution in [0.5, 0.6) is 0 Å². The molecule has 0 bridgehead atoms. The van der Waals surface area contributed by atoms with Crippen LogP contribution in [0.25, 0.3) is 0 Å². The maximum atomic E-state index is 12.2. The van der Waals surface area contributed by atoms with Crippen molar-refractivity contribution in [1.82, 2.24) is 40.6 Å². The van der Waals surface area contributed by atoms with Crippen LogP contribution in [0, 0.1) is 0 Å². The number of carbonyl (C=O) groups excluding carboxylic acids is 1. The van der Waals surface area contributed by atoms with Gasteiger partial charge >= 0.3 is 0 Å². The molecule has 12 heteroatoms. The largest absolute Gasteiger partial charge is 0.375 e. The first kappa shape index (κ1) is 19.3. The highest BCUT2D eigenvalue weighted by atomic mass is 16.5. The van der Waals surface area contributed by atoms with E-state index >= 15 is 0 Å². The summed E-state index contributed by atoms with van der Waals surface area (Å²) in [6.45, 7) is 6.63. The first-order chi connectivity index (χ1) is 13.0. The Balaban J connectivity index is 1.50. The van der Waals surface area contributed by atoms with Gasteiger partial charge in [-0.25, -0.2) is 4.68 Å². The monoisotopic (exact) mass is 380 g/mol. The van der Waals surface area contributed by atoms with Crippen LogP contribution in [0.15, 0.2) is 4.52 Å². The van der Waals surface area contributed by atoms with Gasteiger partial charge in [0, 0.05) is 20.2 Å². The summed E-state index contributed by atoms with van der Waals surface area (Å²) in [4.78, 5) is 18.5. The van der Waals surface area contributed by atoms with E-state index in [4.69, 9.17) is 14.0 Å². The van der Waals surface area contributed by atoms with Crippen LogP contribution in [0.4, 0.5) is 0 Å². The fourth-order valence-electron chi connectivity index (χ4n) is 2.99. The van der Waals surface area contributed by atoms with E-state index in [1.807, 2.05) is 13.8 Å². The Labute approximate surface area is 156 Å². The van der Waals surface area contributed by atoms with Crippen molar-refractivity contribution >= 4 is 5.91 Å². The molecule has 0 aromatic carbocycles. The van der Waals surface area contributed by atoms with Gasteiger partial charge in [0.25, 0.3) is 5.89 Å². The summed E-state index contributed by atoms with van der Waals surface area (Å²) in [5.41, 5.74) is 0. The van der Waals surface area contributed by atoms with Crippen LogP contribution in [0.3, 0.4) is 0 Å². The molecule has 3 heterocycles. The third-order valence-electron chi connectivity index (χ3n) is 3.98. The molecule has 0 unspecified atom stereocenters. The minimum atomic E-state index is -0.245. The van der Waals surface area contributed by atoms with Gasteiger partial charge in [0.05, 0.1) is 25.3 Å². The Morgan fingerprint density at radius 2 is 2.11 bits per heavy atom. The van der Waals surface area contributed by atoms with Gasteiger partial charge in [-0.2, -0.15) is 4.98 Å². The molecule has 27 heavy (non-hydrogen) atoms. The van der Waals surface area contributed by atoms with Gasteiger partial charge in [-0.1, -0.05) is 5.16 Å². The van der Waals surface area contributed by atoms with E-state index in [-0.39, 0.29) is 37.8 Å². The number of hydrogen-bond acceptors (Lipinski definition) is 10. The maximum absolute atomic E-state index is 12.2. The Morgan fingerprint density at radius 1 is 1.33 bits per heavy atom. The Morgan fingerprint density at radius 3 is 2.85 bits per heavy atom. The summed E-state index contributed by atoms with van der Waals surface area (Å²) in [6, 6.07) is 0. The third-order valence-corrected chi connectivity index (χ3v) is 3.98. The molecule has 2 aromatic rings. The Hall–Kier alpha value is -2.44. The molecular formula is C15H24N8O4. The predicted octanol–water partition coefficient (Wildman–Crippen LogP) is -0.872. The number of hydrogen-bond donors (Lipinski definition) is 1. The van der Waals surface area contributed by atoms with Gasteiger partial charge < -0.3 is 19.3 Å². The highest BCUT2D eigenvalue weighted by Crippen LogP contribution is 2.12. The fraction of sp³-hybridized carbons (Fsp3) is 0.733. The van der Waals surface area contributed by atoms with Crippen LogP contribution < -0.4 is 5.32 Å². The summed E-state index contributed by atoms with van der Waals surface area (Å²) in [6.07, 6.45) is 0.304. The van der Waals surface area contributed by atoms with Crippen molar-refractivity contribution in [2.45, 2.75) is 52.3 Å². The normalized spacial score (nSPS) is 20.7. The zero-order valence-electron chi connectivity index (χ0n) is 15.7. The van der Waals surface area contributed by atoms with Crippen molar-refractivity contribution in [2.75, 3.05) is 20.2 Å². The highest BCUT2D eigenvalue weighted by Gasteiger charge is 2.24. The van der Waals surface area contributed by atoms with Gasteiger partial charge in [0.2, 0.25) is 5.91 Å². The number of amides is 1.